The number of hydrogen-bond acceptors (Lipinski definition) is 4. The summed E-state index contributed by atoms with van der Waals surface area (Å²) in [7, 11) is 0. The molecule has 4 heteroatoms. The molecule has 1 aliphatic carbocycles. The Bertz CT molecular complexity index is 162. The summed E-state index contributed by atoms with van der Waals surface area (Å²) < 4.78 is 0. The van der Waals surface area contributed by atoms with Crippen LogP contribution in [0.2, 0.25) is 0 Å². The van der Waals surface area contributed by atoms with Gasteiger partial charge in [0.15, 0.2) is 0 Å². The van der Waals surface area contributed by atoms with Crippen LogP contribution < -0.4 is 0 Å². The maximum atomic E-state index is 9.93. The first-order chi connectivity index (χ1) is 5.99. The molecular weight excluding hydrogens is 188 g/mol. The average molecular weight is 206 g/mol. The van der Waals surface area contributed by atoms with Gasteiger partial charge in [-0.05, 0) is 32.4 Å². The van der Waals surface area contributed by atoms with Gasteiger partial charge in [0, 0.05) is 5.92 Å². The molecule has 3 N–H and O–H groups in total. The monoisotopic (exact) mass is 206 g/mol. The van der Waals surface area contributed by atoms with Gasteiger partial charge in [-0.25, -0.2) is 0 Å². The average Bonchev–Trinajstić information content (AvgIpc) is 2.03. The van der Waals surface area contributed by atoms with Gasteiger partial charge in [0.2, 0.25) is 0 Å². The molecule has 78 valence electrons. The molecular formula is C9H18O3S. The maximum absolute atomic E-state index is 9.93. The van der Waals surface area contributed by atoms with Gasteiger partial charge in [0.1, 0.15) is 4.93 Å². The van der Waals surface area contributed by atoms with Crippen LogP contribution >= 0.6 is 11.8 Å². The Labute approximate surface area is 83.2 Å². The summed E-state index contributed by atoms with van der Waals surface area (Å²) in [5.74, 6) is -0.420. The third kappa shape index (κ3) is 2.37. The van der Waals surface area contributed by atoms with Crippen molar-refractivity contribution >= 4 is 11.8 Å². The zero-order valence-corrected chi connectivity index (χ0v) is 8.92. The molecule has 0 heterocycles. The van der Waals surface area contributed by atoms with E-state index in [9.17, 15) is 15.3 Å². The normalized spacial score (nSPS) is 39.9. The molecule has 1 aliphatic rings. The molecule has 1 saturated carbocycles. The van der Waals surface area contributed by atoms with Gasteiger partial charge in [-0.2, -0.15) is 0 Å². The fourth-order valence-electron chi connectivity index (χ4n) is 2.00. The predicted octanol–water partition coefficient (Wildman–Crippen LogP) is 0.580. The lowest BCUT2D eigenvalue weighted by Gasteiger charge is -2.40. The maximum Gasteiger partial charge on any atom is 0.115 e. The molecule has 0 amide bonds. The molecule has 3 atom stereocenters. The Morgan fingerprint density at radius 1 is 1.23 bits per heavy atom. The first-order valence-electron chi connectivity index (χ1n) is 4.62. The molecule has 3 nitrogen and oxygen atoms in total. The van der Waals surface area contributed by atoms with E-state index in [-0.39, 0.29) is 0 Å². The van der Waals surface area contributed by atoms with Crippen LogP contribution in [0.3, 0.4) is 0 Å². The van der Waals surface area contributed by atoms with E-state index in [1.807, 2.05) is 0 Å². The molecule has 1 fully saturated rings. The number of aliphatic hydroxyl groups is 3. The molecule has 0 radical (unpaired) electrons. The number of thioether (sulfide) groups is 1. The Hall–Kier alpha value is 0.230. The largest absolute Gasteiger partial charge is 0.393 e. The summed E-state index contributed by atoms with van der Waals surface area (Å²) in [5, 5.41) is 29.3. The third-order valence-electron chi connectivity index (χ3n) is 2.86. The van der Waals surface area contributed by atoms with Crippen molar-refractivity contribution < 1.29 is 15.3 Å². The highest BCUT2D eigenvalue weighted by molar-refractivity contribution is 7.99. The van der Waals surface area contributed by atoms with Crippen LogP contribution in [0.1, 0.15) is 26.2 Å². The van der Waals surface area contributed by atoms with Crippen molar-refractivity contribution in [2.24, 2.45) is 5.92 Å². The topological polar surface area (TPSA) is 60.7 Å². The fourth-order valence-corrected chi connectivity index (χ4v) is 2.59. The molecule has 0 aromatic rings. The van der Waals surface area contributed by atoms with Crippen molar-refractivity contribution in [1.82, 2.24) is 0 Å². The minimum absolute atomic E-state index is 0.420. The second kappa shape index (κ2) is 4.17. The minimum Gasteiger partial charge on any atom is -0.393 e. The summed E-state index contributed by atoms with van der Waals surface area (Å²) in [6.45, 7) is 1.65. The highest BCUT2D eigenvalue weighted by atomic mass is 32.2. The van der Waals surface area contributed by atoms with Gasteiger partial charge in [-0.3, -0.25) is 0 Å². The number of hydrogen-bond donors (Lipinski definition) is 3. The lowest BCUT2D eigenvalue weighted by Crippen LogP contribution is -2.48. The molecule has 0 aliphatic heterocycles. The zero-order chi connectivity index (χ0) is 10.1. The van der Waals surface area contributed by atoms with Crippen molar-refractivity contribution in [3.8, 4) is 0 Å². The van der Waals surface area contributed by atoms with Gasteiger partial charge >= 0.3 is 0 Å². The van der Waals surface area contributed by atoms with Crippen LogP contribution in [-0.2, 0) is 0 Å². The van der Waals surface area contributed by atoms with Crippen molar-refractivity contribution in [1.29, 1.82) is 0 Å². The summed E-state index contributed by atoms with van der Waals surface area (Å²) in [5.41, 5.74) is 0. The van der Waals surface area contributed by atoms with Gasteiger partial charge < -0.3 is 15.3 Å². The van der Waals surface area contributed by atoms with Crippen molar-refractivity contribution in [2.75, 3.05) is 6.26 Å². The van der Waals surface area contributed by atoms with E-state index in [4.69, 9.17) is 0 Å². The second-order valence-electron chi connectivity index (χ2n) is 3.85. The lowest BCUT2D eigenvalue weighted by molar-refractivity contribution is -0.0891. The van der Waals surface area contributed by atoms with Crippen molar-refractivity contribution in [3.63, 3.8) is 0 Å². The van der Waals surface area contributed by atoms with E-state index in [2.05, 4.69) is 0 Å². The summed E-state index contributed by atoms with van der Waals surface area (Å²) in [6, 6.07) is 0. The smallest absolute Gasteiger partial charge is 0.115 e. The molecule has 0 aromatic heterocycles. The molecule has 1 rings (SSSR count). The first kappa shape index (κ1) is 11.3. The summed E-state index contributed by atoms with van der Waals surface area (Å²) >= 11 is 1.28. The highest BCUT2D eigenvalue weighted by Crippen LogP contribution is 2.38. The molecule has 3 unspecified atom stereocenters. The van der Waals surface area contributed by atoms with Crippen LogP contribution in [-0.4, -0.2) is 38.7 Å². The second-order valence-corrected chi connectivity index (χ2v) is 5.08. The van der Waals surface area contributed by atoms with Crippen LogP contribution in [0.4, 0.5) is 0 Å². The molecule has 13 heavy (non-hydrogen) atoms. The van der Waals surface area contributed by atoms with Gasteiger partial charge in [-0.15, -0.1) is 11.8 Å². The lowest BCUT2D eigenvalue weighted by atomic mass is 9.80. The van der Waals surface area contributed by atoms with E-state index in [0.29, 0.717) is 12.8 Å². The fraction of sp³-hybridized carbons (Fsp3) is 1.00. The summed E-state index contributed by atoms with van der Waals surface area (Å²) in [4.78, 5) is -1.03. The van der Waals surface area contributed by atoms with E-state index < -0.39 is 23.1 Å². The first-order valence-corrected chi connectivity index (χ1v) is 5.85. The Balaban J connectivity index is 2.73. The predicted molar refractivity (Wildman–Crippen MR) is 53.5 cm³/mol. The molecule has 0 bridgehead atoms. The Morgan fingerprint density at radius 3 is 2.08 bits per heavy atom. The van der Waals surface area contributed by atoms with Crippen LogP contribution in [0, 0.1) is 5.92 Å². The SMILES string of the molecule is CSC(C)(O)C1C(O)CCCC1O. The van der Waals surface area contributed by atoms with E-state index in [0.717, 1.165) is 6.42 Å². The van der Waals surface area contributed by atoms with Gasteiger partial charge in [0.05, 0.1) is 12.2 Å². The van der Waals surface area contributed by atoms with Crippen molar-refractivity contribution in [3.05, 3.63) is 0 Å². The van der Waals surface area contributed by atoms with E-state index in [1.54, 1.807) is 13.2 Å². The van der Waals surface area contributed by atoms with Crippen LogP contribution in [0.25, 0.3) is 0 Å². The highest BCUT2D eigenvalue weighted by Gasteiger charge is 2.43. The van der Waals surface area contributed by atoms with Gasteiger partial charge in [-0.1, -0.05) is 0 Å². The minimum atomic E-state index is -1.03. The number of aliphatic hydroxyl groups excluding tert-OH is 2. The van der Waals surface area contributed by atoms with E-state index >= 15 is 0 Å². The standard InChI is InChI=1S/C9H18O3S/c1-9(12,13-2)8-6(10)4-3-5-7(8)11/h6-8,10-12H,3-5H2,1-2H3. The Morgan fingerprint density at radius 2 is 1.69 bits per heavy atom. The van der Waals surface area contributed by atoms with Crippen LogP contribution in [0.5, 0.6) is 0 Å². The Kier molecular flexibility index (Phi) is 3.63. The van der Waals surface area contributed by atoms with E-state index in [1.165, 1.54) is 11.8 Å². The molecule has 0 aromatic carbocycles. The molecule has 0 saturated heterocycles. The molecule has 0 spiro atoms. The van der Waals surface area contributed by atoms with Crippen molar-refractivity contribution in [2.45, 2.75) is 43.3 Å². The quantitative estimate of drug-likeness (QED) is 0.578. The van der Waals surface area contributed by atoms with Gasteiger partial charge in [0.25, 0.3) is 0 Å². The van der Waals surface area contributed by atoms with Crippen LogP contribution in [0.15, 0.2) is 0 Å². The summed E-state index contributed by atoms with van der Waals surface area (Å²) in [6.07, 6.45) is 2.83. The zero-order valence-electron chi connectivity index (χ0n) is 8.10. The number of rotatable bonds is 2. The third-order valence-corrected chi connectivity index (χ3v) is 3.96.